The van der Waals surface area contributed by atoms with Crippen molar-refractivity contribution in [2.75, 3.05) is 19.8 Å². The number of sulfone groups is 1. The fourth-order valence-electron chi connectivity index (χ4n) is 2.28. The zero-order valence-electron chi connectivity index (χ0n) is 10.0. The first-order valence-corrected chi connectivity index (χ1v) is 7.76. The van der Waals surface area contributed by atoms with E-state index < -0.39 is 9.84 Å². The van der Waals surface area contributed by atoms with Crippen molar-refractivity contribution in [2.45, 2.75) is 37.4 Å². The van der Waals surface area contributed by atoms with Crippen LogP contribution < -0.4 is 5.32 Å². The third kappa shape index (κ3) is 3.87. The lowest BCUT2D eigenvalue weighted by atomic mass is 9.85. The predicted octanol–water partition coefficient (Wildman–Crippen LogP) is 0.768. The fourth-order valence-corrected chi connectivity index (χ4v) is 3.46. The summed E-state index contributed by atoms with van der Waals surface area (Å²) in [6, 6.07) is 0. The smallest absolute Gasteiger partial charge is 0.150 e. The van der Waals surface area contributed by atoms with Gasteiger partial charge in [0.25, 0.3) is 0 Å². The first kappa shape index (κ1) is 13.6. The van der Waals surface area contributed by atoms with E-state index in [2.05, 4.69) is 5.32 Å². The van der Waals surface area contributed by atoms with Gasteiger partial charge >= 0.3 is 0 Å². The van der Waals surface area contributed by atoms with E-state index in [1.54, 1.807) is 0 Å². The summed E-state index contributed by atoms with van der Waals surface area (Å²) in [6.45, 7) is 0.679. The number of nitrogens with one attached hydrogen (secondary N) is 1. The molecule has 5 heteroatoms. The molecule has 16 heavy (non-hydrogen) atoms. The van der Waals surface area contributed by atoms with E-state index in [0.29, 0.717) is 25.8 Å². The second-order valence-corrected chi connectivity index (χ2v) is 6.96. The summed E-state index contributed by atoms with van der Waals surface area (Å²) in [7, 11) is -1.17. The van der Waals surface area contributed by atoms with Crippen LogP contribution in [-0.2, 0) is 14.6 Å². The Morgan fingerprint density at radius 3 is 2.62 bits per heavy atom. The molecule has 0 spiro atoms. The van der Waals surface area contributed by atoms with Crippen LogP contribution in [0.5, 0.6) is 0 Å². The van der Waals surface area contributed by atoms with Crippen molar-refractivity contribution in [1.29, 1.82) is 0 Å². The van der Waals surface area contributed by atoms with Crippen molar-refractivity contribution in [3.05, 3.63) is 0 Å². The molecule has 0 saturated heterocycles. The van der Waals surface area contributed by atoms with E-state index in [0.717, 1.165) is 12.8 Å². The van der Waals surface area contributed by atoms with Crippen molar-refractivity contribution in [3.8, 4) is 0 Å². The maximum atomic E-state index is 11.8. The van der Waals surface area contributed by atoms with Crippen molar-refractivity contribution in [3.63, 3.8) is 0 Å². The summed E-state index contributed by atoms with van der Waals surface area (Å²) in [5, 5.41) is 2.64. The van der Waals surface area contributed by atoms with Crippen LogP contribution >= 0.6 is 0 Å². The highest BCUT2D eigenvalue weighted by atomic mass is 32.2. The maximum absolute atomic E-state index is 11.8. The molecular formula is C11H21NO3S. The largest absolute Gasteiger partial charge is 0.319 e. The van der Waals surface area contributed by atoms with Gasteiger partial charge in [-0.1, -0.05) is 6.42 Å². The van der Waals surface area contributed by atoms with Crippen LogP contribution in [0.1, 0.15) is 32.1 Å². The second-order valence-electron chi connectivity index (χ2n) is 4.63. The van der Waals surface area contributed by atoms with Crippen LogP contribution in [0.4, 0.5) is 0 Å². The van der Waals surface area contributed by atoms with Crippen LogP contribution in [0.15, 0.2) is 0 Å². The number of carbonyl (C=O) groups excluding carboxylic acids is 1. The third-order valence-corrected chi connectivity index (χ3v) is 4.95. The van der Waals surface area contributed by atoms with Crippen molar-refractivity contribution in [2.24, 2.45) is 5.92 Å². The summed E-state index contributed by atoms with van der Waals surface area (Å²) in [6.07, 6.45) is 4.74. The van der Waals surface area contributed by atoms with Crippen molar-refractivity contribution >= 4 is 15.6 Å². The Bertz CT molecular complexity index is 337. The molecule has 1 rings (SSSR count). The lowest BCUT2D eigenvalue weighted by Gasteiger charge is -2.27. The average Bonchev–Trinajstić information content (AvgIpc) is 2.25. The van der Waals surface area contributed by atoms with Gasteiger partial charge in [0.1, 0.15) is 15.6 Å². The second kappa shape index (κ2) is 5.77. The van der Waals surface area contributed by atoms with Gasteiger partial charge in [-0.25, -0.2) is 8.42 Å². The van der Waals surface area contributed by atoms with Crippen LogP contribution in [-0.4, -0.2) is 39.3 Å². The van der Waals surface area contributed by atoms with Crippen LogP contribution in [0.3, 0.4) is 0 Å². The molecule has 2 unspecified atom stereocenters. The standard InChI is InChI=1S/C11H21NO3S/c1-12-7-6-11(13)9-4-3-5-10(8-9)16(2,14)15/h9-10,12H,3-8H2,1-2H3. The minimum absolute atomic E-state index is 0.0400. The highest BCUT2D eigenvalue weighted by Crippen LogP contribution is 2.29. The summed E-state index contributed by atoms with van der Waals surface area (Å²) in [5.74, 6) is 0.171. The Hall–Kier alpha value is -0.420. The van der Waals surface area contributed by atoms with Gasteiger partial charge in [0, 0.05) is 25.1 Å². The SMILES string of the molecule is CNCCC(=O)C1CCCC(S(C)(=O)=O)C1. The Kier molecular flexibility index (Phi) is 4.92. The van der Waals surface area contributed by atoms with E-state index in [1.807, 2.05) is 7.05 Å². The maximum Gasteiger partial charge on any atom is 0.150 e. The number of rotatable bonds is 5. The predicted molar refractivity (Wildman–Crippen MR) is 64.1 cm³/mol. The first-order chi connectivity index (χ1) is 7.45. The number of ketones is 1. The number of carbonyl (C=O) groups is 1. The summed E-state index contributed by atoms with van der Waals surface area (Å²) >= 11 is 0. The van der Waals surface area contributed by atoms with Gasteiger partial charge in [-0.05, 0) is 26.3 Å². The molecule has 2 atom stereocenters. The number of Topliss-reactive ketones (excluding diaryl/α,β-unsaturated/α-hetero) is 1. The lowest BCUT2D eigenvalue weighted by molar-refractivity contribution is -0.123. The highest BCUT2D eigenvalue weighted by molar-refractivity contribution is 7.91. The van der Waals surface area contributed by atoms with Gasteiger partial charge in [0.15, 0.2) is 0 Å². The molecular weight excluding hydrogens is 226 g/mol. The third-order valence-electron chi connectivity index (χ3n) is 3.31. The molecule has 0 heterocycles. The molecule has 0 bridgehead atoms. The molecule has 1 fully saturated rings. The quantitative estimate of drug-likeness (QED) is 0.779. The zero-order valence-corrected chi connectivity index (χ0v) is 10.8. The molecule has 0 aromatic heterocycles. The molecule has 0 aliphatic heterocycles. The fraction of sp³-hybridized carbons (Fsp3) is 0.909. The summed E-state index contributed by atoms with van der Waals surface area (Å²) < 4.78 is 22.9. The molecule has 0 amide bonds. The Balaban J connectivity index is 2.54. The molecule has 0 aromatic rings. The average molecular weight is 247 g/mol. The van der Waals surface area contributed by atoms with Gasteiger partial charge < -0.3 is 5.32 Å². The van der Waals surface area contributed by atoms with Crippen LogP contribution in [0.25, 0.3) is 0 Å². The van der Waals surface area contributed by atoms with Gasteiger partial charge in [-0.2, -0.15) is 0 Å². The van der Waals surface area contributed by atoms with Crippen molar-refractivity contribution in [1.82, 2.24) is 5.32 Å². The van der Waals surface area contributed by atoms with E-state index in [-0.39, 0.29) is 17.0 Å². The molecule has 1 aliphatic carbocycles. The van der Waals surface area contributed by atoms with E-state index in [4.69, 9.17) is 0 Å². The highest BCUT2D eigenvalue weighted by Gasteiger charge is 2.31. The minimum Gasteiger partial charge on any atom is -0.319 e. The topological polar surface area (TPSA) is 63.2 Å². The summed E-state index contributed by atoms with van der Waals surface area (Å²) in [4.78, 5) is 11.8. The van der Waals surface area contributed by atoms with Crippen molar-refractivity contribution < 1.29 is 13.2 Å². The van der Waals surface area contributed by atoms with Gasteiger partial charge in [-0.3, -0.25) is 4.79 Å². The molecule has 0 radical (unpaired) electrons. The van der Waals surface area contributed by atoms with Gasteiger partial charge in [-0.15, -0.1) is 0 Å². The molecule has 1 saturated carbocycles. The Morgan fingerprint density at radius 2 is 2.06 bits per heavy atom. The minimum atomic E-state index is -2.98. The normalized spacial score (nSPS) is 26.6. The molecule has 0 aromatic carbocycles. The van der Waals surface area contributed by atoms with E-state index in [1.165, 1.54) is 6.26 Å². The monoisotopic (exact) mass is 247 g/mol. The number of hydrogen-bond donors (Lipinski definition) is 1. The van der Waals surface area contributed by atoms with Gasteiger partial charge in [0.2, 0.25) is 0 Å². The Labute approximate surface area is 97.7 Å². The molecule has 1 N–H and O–H groups in total. The molecule has 4 nitrogen and oxygen atoms in total. The molecule has 1 aliphatic rings. The Morgan fingerprint density at radius 1 is 1.38 bits per heavy atom. The zero-order chi connectivity index (χ0) is 12.2. The van der Waals surface area contributed by atoms with Crippen LogP contribution in [0.2, 0.25) is 0 Å². The molecule has 94 valence electrons. The summed E-state index contributed by atoms with van der Waals surface area (Å²) in [5.41, 5.74) is 0. The van der Waals surface area contributed by atoms with E-state index in [9.17, 15) is 13.2 Å². The van der Waals surface area contributed by atoms with Crippen LogP contribution in [0, 0.1) is 5.92 Å². The van der Waals surface area contributed by atoms with E-state index >= 15 is 0 Å². The number of hydrogen-bond acceptors (Lipinski definition) is 4. The van der Waals surface area contributed by atoms with Gasteiger partial charge in [0.05, 0.1) is 5.25 Å². The lowest BCUT2D eigenvalue weighted by Crippen LogP contribution is -2.32. The first-order valence-electron chi connectivity index (χ1n) is 5.81.